The monoisotopic (exact) mass is 136 g/mol. The summed E-state index contributed by atoms with van der Waals surface area (Å²) in [7, 11) is 0. The number of halogens is 2. The second-order valence-electron chi connectivity index (χ2n) is 2.30. The van der Waals surface area contributed by atoms with E-state index < -0.39 is 18.6 Å². The fraction of sp³-hybridized carbons (Fsp3) is 1.00. The van der Waals surface area contributed by atoms with E-state index in [2.05, 4.69) is 5.32 Å². The van der Waals surface area contributed by atoms with Crippen molar-refractivity contribution in [3.05, 3.63) is 0 Å². The molecule has 1 heterocycles. The lowest BCUT2D eigenvalue weighted by Gasteiger charge is -2.11. The predicted octanol–water partition coefficient (Wildman–Crippen LogP) is -0.656. The second kappa shape index (κ2) is 2.19. The van der Waals surface area contributed by atoms with Crippen LogP contribution in [0.1, 0.15) is 6.42 Å². The lowest BCUT2D eigenvalue weighted by molar-refractivity contribution is -0.372. The minimum absolute atomic E-state index is 0.295. The van der Waals surface area contributed by atoms with Crippen LogP contribution in [0.15, 0.2) is 0 Å². The maximum atomic E-state index is 12.2. The molecule has 0 aromatic rings. The van der Waals surface area contributed by atoms with Crippen LogP contribution in [-0.2, 0) is 0 Å². The zero-order valence-electron chi connectivity index (χ0n) is 4.86. The summed E-state index contributed by atoms with van der Waals surface area (Å²) in [5.74, 6) is -2.64. The number of hydrogen-bond acceptors (Lipinski definition) is 2. The third-order valence-corrected chi connectivity index (χ3v) is 1.40. The third-order valence-electron chi connectivity index (χ3n) is 1.40. The molecule has 0 aliphatic carbocycles. The van der Waals surface area contributed by atoms with Gasteiger partial charge in [0, 0.05) is 6.42 Å². The highest BCUT2D eigenvalue weighted by Crippen LogP contribution is 2.24. The summed E-state index contributed by atoms with van der Waals surface area (Å²) in [6.45, 7) is -0.782. The van der Waals surface area contributed by atoms with Crippen LogP contribution in [0.2, 0.25) is 0 Å². The number of nitrogens with one attached hydrogen (secondary N) is 1. The van der Waals surface area contributed by atoms with Gasteiger partial charge in [0.25, 0.3) is 5.92 Å². The number of rotatable bonds is 1. The molecule has 0 amide bonds. The molecule has 1 fully saturated rings. The van der Waals surface area contributed by atoms with Crippen LogP contribution in [-0.4, -0.2) is 25.1 Å². The van der Waals surface area contributed by atoms with E-state index in [-0.39, 0.29) is 13.0 Å². The Balaban J connectivity index is 2.38. The molecule has 1 rings (SSSR count). The second-order valence-corrected chi connectivity index (χ2v) is 2.30. The molecule has 1 aliphatic heterocycles. The summed E-state index contributed by atoms with van der Waals surface area (Å²) < 4.78 is 24.4. The Morgan fingerprint density at radius 2 is 2.33 bits per heavy atom. The van der Waals surface area contributed by atoms with Crippen molar-refractivity contribution in [2.45, 2.75) is 18.4 Å². The average molecular weight is 136 g/mol. The van der Waals surface area contributed by atoms with E-state index in [1.807, 2.05) is 0 Å². The quantitative estimate of drug-likeness (QED) is 0.519. The zero-order chi connectivity index (χ0) is 6.91. The molecule has 1 N–H and O–H groups in total. The molecular formula is C5H8F2NO-. The molecule has 1 saturated heterocycles. The van der Waals surface area contributed by atoms with Gasteiger partial charge in [-0.3, -0.25) is 0 Å². The highest BCUT2D eigenvalue weighted by atomic mass is 19.3. The fourth-order valence-corrected chi connectivity index (χ4v) is 0.916. The first kappa shape index (κ1) is 6.89. The van der Waals surface area contributed by atoms with Gasteiger partial charge in [-0.05, 0) is 6.04 Å². The van der Waals surface area contributed by atoms with Gasteiger partial charge in [0.15, 0.2) is 0 Å². The van der Waals surface area contributed by atoms with Crippen molar-refractivity contribution in [2.24, 2.45) is 0 Å². The fourth-order valence-electron chi connectivity index (χ4n) is 0.916. The number of alkyl halides is 2. The average Bonchev–Trinajstić information content (AvgIpc) is 2.10. The summed E-state index contributed by atoms with van der Waals surface area (Å²) in [5.41, 5.74) is 0. The molecule has 0 radical (unpaired) electrons. The van der Waals surface area contributed by atoms with Crippen molar-refractivity contribution in [1.82, 2.24) is 5.32 Å². The van der Waals surface area contributed by atoms with Crippen molar-refractivity contribution in [3.8, 4) is 0 Å². The minimum atomic E-state index is -2.64. The van der Waals surface area contributed by atoms with E-state index in [0.29, 0.717) is 0 Å². The smallest absolute Gasteiger partial charge is 0.261 e. The minimum Gasteiger partial charge on any atom is -0.853 e. The van der Waals surface area contributed by atoms with Crippen LogP contribution in [0.4, 0.5) is 8.78 Å². The highest BCUT2D eigenvalue weighted by Gasteiger charge is 2.37. The number of hydrogen-bond donors (Lipinski definition) is 1. The molecule has 1 aliphatic rings. The molecule has 54 valence electrons. The van der Waals surface area contributed by atoms with E-state index in [1.165, 1.54) is 0 Å². The largest absolute Gasteiger partial charge is 0.853 e. The van der Waals surface area contributed by atoms with Crippen LogP contribution >= 0.6 is 0 Å². The molecule has 0 unspecified atom stereocenters. The van der Waals surface area contributed by atoms with Crippen molar-refractivity contribution in [2.75, 3.05) is 13.2 Å². The van der Waals surface area contributed by atoms with Gasteiger partial charge in [-0.25, -0.2) is 8.78 Å². The summed E-state index contributed by atoms with van der Waals surface area (Å²) in [4.78, 5) is 0. The van der Waals surface area contributed by atoms with Crippen LogP contribution in [0, 0.1) is 0 Å². The van der Waals surface area contributed by atoms with Crippen molar-refractivity contribution >= 4 is 0 Å². The molecule has 0 saturated carbocycles. The Kier molecular flexibility index (Phi) is 1.68. The molecule has 0 aromatic heterocycles. The van der Waals surface area contributed by atoms with E-state index in [0.717, 1.165) is 0 Å². The van der Waals surface area contributed by atoms with Gasteiger partial charge in [0.1, 0.15) is 0 Å². The topological polar surface area (TPSA) is 35.1 Å². The molecule has 9 heavy (non-hydrogen) atoms. The normalized spacial score (nSPS) is 33.0. The summed E-state index contributed by atoms with van der Waals surface area (Å²) in [5, 5.41) is 12.5. The standard InChI is InChI=1S/C5H8F2NO/c6-5(7)1-4(2-9)8-3-5/h4,8H,1-3H2/q-1/t4-/m1/s1. The lowest BCUT2D eigenvalue weighted by atomic mass is 10.2. The van der Waals surface area contributed by atoms with Gasteiger partial charge >= 0.3 is 0 Å². The Hall–Kier alpha value is -0.220. The van der Waals surface area contributed by atoms with Crippen molar-refractivity contribution in [1.29, 1.82) is 0 Å². The van der Waals surface area contributed by atoms with Crippen molar-refractivity contribution in [3.63, 3.8) is 0 Å². The molecule has 2 nitrogen and oxygen atoms in total. The van der Waals surface area contributed by atoms with E-state index in [1.54, 1.807) is 0 Å². The van der Waals surface area contributed by atoms with Gasteiger partial charge in [-0.2, -0.15) is 0 Å². The van der Waals surface area contributed by atoms with Gasteiger partial charge in [-0.1, -0.05) is 0 Å². The molecular weight excluding hydrogens is 128 g/mol. The van der Waals surface area contributed by atoms with Gasteiger partial charge in [0.2, 0.25) is 0 Å². The third kappa shape index (κ3) is 1.59. The molecule has 4 heteroatoms. The molecule has 0 spiro atoms. The SMILES string of the molecule is [O-]C[C@H]1CC(F)(F)CN1. The molecule has 0 aromatic carbocycles. The van der Waals surface area contributed by atoms with E-state index in [9.17, 15) is 13.9 Å². The summed E-state index contributed by atoms with van der Waals surface area (Å²) in [6, 6.07) is -0.514. The van der Waals surface area contributed by atoms with E-state index >= 15 is 0 Å². The van der Waals surface area contributed by atoms with Crippen LogP contribution < -0.4 is 10.4 Å². The Morgan fingerprint density at radius 3 is 2.56 bits per heavy atom. The molecule has 1 atom stereocenters. The van der Waals surface area contributed by atoms with Gasteiger partial charge in [0.05, 0.1) is 6.54 Å². The zero-order valence-corrected chi connectivity index (χ0v) is 4.86. The van der Waals surface area contributed by atoms with Crippen LogP contribution in [0.25, 0.3) is 0 Å². The Labute approximate surface area is 51.9 Å². The first-order valence-electron chi connectivity index (χ1n) is 2.83. The van der Waals surface area contributed by atoms with Gasteiger partial charge in [-0.15, -0.1) is 6.61 Å². The first-order chi connectivity index (χ1) is 4.14. The maximum absolute atomic E-state index is 12.2. The first-order valence-corrected chi connectivity index (χ1v) is 2.83. The summed E-state index contributed by atoms with van der Waals surface area (Å²) in [6.07, 6.45) is -0.295. The lowest BCUT2D eigenvalue weighted by Crippen LogP contribution is -2.31. The van der Waals surface area contributed by atoms with Crippen LogP contribution in [0.3, 0.4) is 0 Å². The Bertz CT molecular complexity index is 107. The van der Waals surface area contributed by atoms with Crippen LogP contribution in [0.5, 0.6) is 0 Å². The summed E-state index contributed by atoms with van der Waals surface area (Å²) >= 11 is 0. The Morgan fingerprint density at radius 1 is 1.67 bits per heavy atom. The highest BCUT2D eigenvalue weighted by molar-refractivity contribution is 4.85. The predicted molar refractivity (Wildman–Crippen MR) is 26.2 cm³/mol. The van der Waals surface area contributed by atoms with Crippen molar-refractivity contribution < 1.29 is 13.9 Å². The van der Waals surface area contributed by atoms with Gasteiger partial charge < -0.3 is 10.4 Å². The molecule has 0 bridgehead atoms. The van der Waals surface area contributed by atoms with E-state index in [4.69, 9.17) is 0 Å². The maximum Gasteiger partial charge on any atom is 0.261 e.